The highest BCUT2D eigenvalue weighted by molar-refractivity contribution is 6.30. The first-order valence-electron chi connectivity index (χ1n) is 8.67. The monoisotopic (exact) mass is 446 g/mol. The third-order valence-corrected chi connectivity index (χ3v) is 5.48. The number of anilines is 1. The minimum Gasteiger partial charge on any atom is -0.386 e. The number of fused-ring (bicyclic) bond motifs is 1. The molecular formula is C18H15ClF4N4O3. The maximum Gasteiger partial charge on any atom is 0.420 e. The van der Waals surface area contributed by atoms with Crippen LogP contribution in [0.4, 0.5) is 23.4 Å². The first-order chi connectivity index (χ1) is 14.0. The lowest BCUT2D eigenvalue weighted by molar-refractivity contribution is -0.284. The molecule has 0 amide bonds. The third-order valence-electron chi connectivity index (χ3n) is 5.17. The van der Waals surface area contributed by atoms with Crippen molar-refractivity contribution in [3.05, 3.63) is 53.2 Å². The highest BCUT2D eigenvalue weighted by atomic mass is 35.5. The van der Waals surface area contributed by atoms with Crippen LogP contribution in [0.3, 0.4) is 0 Å². The third kappa shape index (κ3) is 3.18. The van der Waals surface area contributed by atoms with E-state index in [0.717, 1.165) is 24.5 Å². The number of halogens is 5. The lowest BCUT2D eigenvalue weighted by atomic mass is 9.88. The van der Waals surface area contributed by atoms with E-state index in [-0.39, 0.29) is 22.1 Å². The molecule has 1 aliphatic rings. The Kier molecular flexibility index (Phi) is 4.88. The summed E-state index contributed by atoms with van der Waals surface area (Å²) < 4.78 is 61.9. The van der Waals surface area contributed by atoms with Crippen LogP contribution in [0.25, 0.3) is 11.0 Å². The SMILES string of the molecule is Nc1ncnc2c1ccn2[C@H]1C[C@@](O)(C(F)(F)F)[C@@H]([C@H](O)c2ccc(Cl)c(F)c2)O1. The average molecular weight is 447 g/mol. The van der Waals surface area contributed by atoms with Crippen LogP contribution in [-0.4, -0.2) is 42.6 Å². The first-order valence-corrected chi connectivity index (χ1v) is 9.05. The van der Waals surface area contributed by atoms with Gasteiger partial charge in [0.05, 0.1) is 10.4 Å². The molecular weight excluding hydrogens is 432 g/mol. The summed E-state index contributed by atoms with van der Waals surface area (Å²) >= 11 is 5.59. The molecule has 4 N–H and O–H groups in total. The number of benzene rings is 1. The van der Waals surface area contributed by atoms with Crippen LogP contribution in [0, 0.1) is 5.82 Å². The molecule has 1 aliphatic heterocycles. The van der Waals surface area contributed by atoms with Crippen molar-refractivity contribution in [1.82, 2.24) is 14.5 Å². The standard InChI is InChI=1S/C18H15ClF4N4O3/c19-10-2-1-8(5-11(10)20)13(28)14-17(29,18(21,22)23)6-12(30-14)27-4-3-9-15(24)25-7-26-16(9)27/h1-5,7,12-14,28-29H,6H2,(H2,24,25,26)/t12-,13-,14-,17+/m1/s1. The molecule has 0 saturated carbocycles. The van der Waals surface area contributed by atoms with Gasteiger partial charge in [0.25, 0.3) is 0 Å². The second kappa shape index (κ2) is 7.05. The largest absolute Gasteiger partial charge is 0.420 e. The molecule has 3 heterocycles. The fourth-order valence-electron chi connectivity index (χ4n) is 3.58. The van der Waals surface area contributed by atoms with Crippen LogP contribution in [0.1, 0.15) is 24.3 Å². The van der Waals surface area contributed by atoms with Gasteiger partial charge in [0.1, 0.15) is 42.0 Å². The predicted molar refractivity (Wildman–Crippen MR) is 97.8 cm³/mol. The molecule has 2 aromatic heterocycles. The number of hydrogen-bond acceptors (Lipinski definition) is 6. The van der Waals surface area contributed by atoms with Crippen molar-refractivity contribution < 1.29 is 32.5 Å². The molecule has 0 unspecified atom stereocenters. The Bertz CT molecular complexity index is 1110. The van der Waals surface area contributed by atoms with Gasteiger partial charge in [0.2, 0.25) is 0 Å². The van der Waals surface area contributed by atoms with E-state index in [1.807, 2.05) is 0 Å². The fraction of sp³-hybridized carbons (Fsp3) is 0.333. The van der Waals surface area contributed by atoms with Crippen molar-refractivity contribution in [2.24, 2.45) is 0 Å². The minimum atomic E-state index is -5.14. The van der Waals surface area contributed by atoms with Gasteiger partial charge in [-0.2, -0.15) is 13.2 Å². The number of nitrogens with two attached hydrogens (primary N) is 1. The van der Waals surface area contributed by atoms with Crippen molar-refractivity contribution in [2.75, 3.05) is 5.73 Å². The number of aromatic nitrogens is 3. The molecule has 160 valence electrons. The van der Waals surface area contributed by atoms with Gasteiger partial charge < -0.3 is 25.3 Å². The van der Waals surface area contributed by atoms with Gasteiger partial charge in [-0.25, -0.2) is 14.4 Å². The smallest absolute Gasteiger partial charge is 0.386 e. The van der Waals surface area contributed by atoms with Crippen molar-refractivity contribution >= 4 is 28.5 Å². The second-order valence-electron chi connectivity index (χ2n) is 6.98. The lowest BCUT2D eigenvalue weighted by Crippen LogP contribution is -2.53. The maximum atomic E-state index is 13.8. The quantitative estimate of drug-likeness (QED) is 0.534. The predicted octanol–water partition coefficient (Wildman–Crippen LogP) is 3.12. The zero-order valence-corrected chi connectivity index (χ0v) is 15.8. The number of nitrogen functional groups attached to an aromatic ring is 1. The van der Waals surface area contributed by atoms with Crippen LogP contribution < -0.4 is 5.73 Å². The number of rotatable bonds is 3. The molecule has 0 radical (unpaired) electrons. The van der Waals surface area contributed by atoms with Crippen molar-refractivity contribution in [2.45, 2.75) is 36.6 Å². The van der Waals surface area contributed by atoms with E-state index in [2.05, 4.69) is 9.97 Å². The molecule has 30 heavy (non-hydrogen) atoms. The maximum absolute atomic E-state index is 13.8. The summed E-state index contributed by atoms with van der Waals surface area (Å²) in [5.41, 5.74) is 2.30. The number of nitrogens with zero attached hydrogens (tertiary/aromatic N) is 3. The summed E-state index contributed by atoms with van der Waals surface area (Å²) in [7, 11) is 0. The van der Waals surface area contributed by atoms with Crippen molar-refractivity contribution in [3.8, 4) is 0 Å². The Morgan fingerprint density at radius 2 is 2.03 bits per heavy atom. The normalized spacial score (nSPS) is 25.7. The molecule has 7 nitrogen and oxygen atoms in total. The lowest BCUT2D eigenvalue weighted by Gasteiger charge is -2.33. The Balaban J connectivity index is 1.75. The van der Waals surface area contributed by atoms with Gasteiger partial charge >= 0.3 is 6.18 Å². The zero-order valence-electron chi connectivity index (χ0n) is 15.0. The van der Waals surface area contributed by atoms with Crippen LogP contribution in [0.5, 0.6) is 0 Å². The summed E-state index contributed by atoms with van der Waals surface area (Å²) in [4.78, 5) is 7.82. The van der Waals surface area contributed by atoms with Gasteiger partial charge in [0.15, 0.2) is 5.60 Å². The Labute approximate surface area is 171 Å². The highest BCUT2D eigenvalue weighted by Gasteiger charge is 2.66. The van der Waals surface area contributed by atoms with Gasteiger partial charge in [-0.15, -0.1) is 0 Å². The Morgan fingerprint density at radius 3 is 2.70 bits per heavy atom. The molecule has 4 atom stereocenters. The summed E-state index contributed by atoms with van der Waals surface area (Å²) in [5, 5.41) is 21.2. The Hall–Kier alpha value is -2.47. The van der Waals surface area contributed by atoms with Crippen LogP contribution in [0.2, 0.25) is 5.02 Å². The fourth-order valence-corrected chi connectivity index (χ4v) is 3.70. The molecule has 0 bridgehead atoms. The molecule has 1 fully saturated rings. The summed E-state index contributed by atoms with van der Waals surface area (Å²) in [6.45, 7) is 0. The number of aliphatic hydroxyl groups excluding tert-OH is 1. The summed E-state index contributed by atoms with van der Waals surface area (Å²) in [5.74, 6) is -0.807. The number of alkyl halides is 3. The van der Waals surface area contributed by atoms with Gasteiger partial charge in [-0.05, 0) is 23.8 Å². The molecule has 1 saturated heterocycles. The van der Waals surface area contributed by atoms with E-state index in [1.54, 1.807) is 0 Å². The molecule has 4 rings (SSSR count). The van der Waals surface area contributed by atoms with Gasteiger partial charge in [0, 0.05) is 12.6 Å². The van der Waals surface area contributed by atoms with Crippen LogP contribution in [0.15, 0.2) is 36.8 Å². The zero-order chi connectivity index (χ0) is 21.8. The molecule has 0 spiro atoms. The van der Waals surface area contributed by atoms with Crippen molar-refractivity contribution in [3.63, 3.8) is 0 Å². The number of ether oxygens (including phenoxy) is 1. The first kappa shape index (κ1) is 20.8. The van der Waals surface area contributed by atoms with Crippen LogP contribution in [-0.2, 0) is 4.74 Å². The van der Waals surface area contributed by atoms with Gasteiger partial charge in [-0.1, -0.05) is 17.7 Å². The molecule has 0 aliphatic carbocycles. The molecule has 1 aromatic carbocycles. The van der Waals surface area contributed by atoms with E-state index >= 15 is 0 Å². The molecule has 3 aromatic rings. The number of hydrogen-bond donors (Lipinski definition) is 3. The van der Waals surface area contributed by atoms with E-state index in [1.165, 1.54) is 16.8 Å². The van der Waals surface area contributed by atoms with E-state index in [0.29, 0.717) is 5.39 Å². The summed E-state index contributed by atoms with van der Waals surface area (Å²) in [6, 6.07) is 4.54. The minimum absolute atomic E-state index is 0.121. The highest BCUT2D eigenvalue weighted by Crippen LogP contribution is 2.50. The van der Waals surface area contributed by atoms with Gasteiger partial charge in [-0.3, -0.25) is 0 Å². The average Bonchev–Trinajstić information content (AvgIpc) is 3.26. The van der Waals surface area contributed by atoms with E-state index in [4.69, 9.17) is 22.1 Å². The molecule has 12 heteroatoms. The van der Waals surface area contributed by atoms with E-state index in [9.17, 15) is 27.8 Å². The van der Waals surface area contributed by atoms with Crippen LogP contribution >= 0.6 is 11.6 Å². The number of aliphatic hydroxyl groups is 2. The Morgan fingerprint density at radius 1 is 1.30 bits per heavy atom. The van der Waals surface area contributed by atoms with E-state index < -0.39 is 42.5 Å². The topological polar surface area (TPSA) is 106 Å². The van der Waals surface area contributed by atoms with Crippen molar-refractivity contribution in [1.29, 1.82) is 0 Å². The second-order valence-corrected chi connectivity index (χ2v) is 7.38. The summed E-state index contributed by atoms with van der Waals surface area (Å²) in [6.07, 6.45) is -9.00.